The van der Waals surface area contributed by atoms with Gasteiger partial charge in [0.2, 0.25) is 0 Å². The summed E-state index contributed by atoms with van der Waals surface area (Å²) in [5.41, 5.74) is 1.28. The van der Waals surface area contributed by atoms with Crippen LogP contribution in [0, 0.1) is 5.92 Å². The molecule has 0 radical (unpaired) electrons. The van der Waals surface area contributed by atoms with E-state index in [1.54, 1.807) is 62.4 Å². The number of amides is 1. The lowest BCUT2D eigenvalue weighted by molar-refractivity contribution is -0.151. The second-order valence-corrected chi connectivity index (χ2v) is 7.76. The van der Waals surface area contributed by atoms with Gasteiger partial charge in [-0.3, -0.25) is 9.59 Å². The van der Waals surface area contributed by atoms with Gasteiger partial charge in [-0.2, -0.15) is 0 Å². The van der Waals surface area contributed by atoms with Crippen molar-refractivity contribution in [3.05, 3.63) is 70.2 Å². The Morgan fingerprint density at radius 3 is 2.28 bits per heavy atom. The first-order chi connectivity index (χ1) is 13.8. The van der Waals surface area contributed by atoms with Gasteiger partial charge in [0.05, 0.1) is 13.2 Å². The molecule has 0 bridgehead atoms. The molecular weight excluding hydrogens is 394 g/mol. The average Bonchev–Trinajstić information content (AvgIpc) is 2.69. The molecule has 0 unspecified atom stereocenters. The van der Waals surface area contributed by atoms with Gasteiger partial charge >= 0.3 is 11.9 Å². The number of hydrogen-bond acceptors (Lipinski definition) is 4. The summed E-state index contributed by atoms with van der Waals surface area (Å²) in [4.78, 5) is 39.9. The van der Waals surface area contributed by atoms with Crippen LogP contribution in [0.3, 0.4) is 0 Å². The van der Waals surface area contributed by atoms with Crippen LogP contribution in [0.4, 0.5) is 0 Å². The van der Waals surface area contributed by atoms with Gasteiger partial charge in [0.1, 0.15) is 12.0 Å². The molecule has 0 saturated carbocycles. The molecule has 0 fully saturated rings. The van der Waals surface area contributed by atoms with E-state index in [1.807, 2.05) is 0 Å². The lowest BCUT2D eigenvalue weighted by atomic mass is 9.78. The first-order valence-electron chi connectivity index (χ1n) is 9.25. The largest absolute Gasteiger partial charge is 0.481 e. The van der Waals surface area contributed by atoms with Crippen molar-refractivity contribution >= 4 is 29.4 Å². The van der Waals surface area contributed by atoms with Crippen LogP contribution in [0.25, 0.3) is 0 Å². The summed E-state index contributed by atoms with van der Waals surface area (Å²) in [5, 5.41) is 10.6. The van der Waals surface area contributed by atoms with Crippen LogP contribution in [-0.2, 0) is 14.3 Å². The summed E-state index contributed by atoms with van der Waals surface area (Å²) in [6.07, 6.45) is 0. The Morgan fingerprint density at radius 2 is 1.72 bits per heavy atom. The van der Waals surface area contributed by atoms with Crippen molar-refractivity contribution in [2.45, 2.75) is 31.8 Å². The third-order valence-corrected chi connectivity index (χ3v) is 5.48. The summed E-state index contributed by atoms with van der Waals surface area (Å²) in [6, 6.07) is 11.4. The van der Waals surface area contributed by atoms with E-state index in [0.717, 1.165) is 0 Å². The quantitative estimate of drug-likeness (QED) is 0.748. The minimum atomic E-state index is -1.08. The molecule has 0 aromatic heterocycles. The van der Waals surface area contributed by atoms with Crippen molar-refractivity contribution in [2.24, 2.45) is 5.92 Å². The molecule has 3 rings (SSSR count). The number of aliphatic carboxylic acids is 1. The highest BCUT2D eigenvalue weighted by Crippen LogP contribution is 2.45. The summed E-state index contributed by atoms with van der Waals surface area (Å²) in [5.74, 6) is -3.41. The number of nitrogens with zero attached hydrogens (tertiary/aromatic N) is 1. The van der Waals surface area contributed by atoms with Gasteiger partial charge < -0.3 is 14.7 Å². The average molecular weight is 416 g/mol. The molecule has 0 aliphatic carbocycles. The van der Waals surface area contributed by atoms with Crippen LogP contribution in [-0.4, -0.2) is 41.0 Å². The first kappa shape index (κ1) is 20.9. The number of esters is 1. The van der Waals surface area contributed by atoms with Crippen LogP contribution in [0.1, 0.15) is 47.3 Å². The number of halogens is 1. The van der Waals surface area contributed by atoms with Gasteiger partial charge in [0, 0.05) is 10.6 Å². The van der Waals surface area contributed by atoms with Crippen LogP contribution >= 0.6 is 11.6 Å². The number of carboxylic acid groups (broad SMARTS) is 1. The maximum Gasteiger partial charge on any atom is 0.328 e. The van der Waals surface area contributed by atoms with Crippen molar-refractivity contribution in [2.75, 3.05) is 7.11 Å². The minimum absolute atomic E-state index is 0.277. The smallest absolute Gasteiger partial charge is 0.328 e. The Labute approximate surface area is 174 Å². The Kier molecular flexibility index (Phi) is 5.94. The van der Waals surface area contributed by atoms with Gasteiger partial charge in [-0.1, -0.05) is 55.8 Å². The van der Waals surface area contributed by atoms with Gasteiger partial charge in [0.15, 0.2) is 0 Å². The number of hydrogen-bond donors (Lipinski definition) is 1. The maximum absolute atomic E-state index is 13.5. The van der Waals surface area contributed by atoms with Crippen LogP contribution in [0.15, 0.2) is 48.5 Å². The van der Waals surface area contributed by atoms with Crippen molar-refractivity contribution in [1.29, 1.82) is 0 Å². The van der Waals surface area contributed by atoms with Gasteiger partial charge in [0.25, 0.3) is 5.91 Å². The Hall–Kier alpha value is -2.86. The normalized spacial score (nSPS) is 19.6. The molecule has 1 N–H and O–H groups in total. The van der Waals surface area contributed by atoms with E-state index in [2.05, 4.69) is 0 Å². The third kappa shape index (κ3) is 3.72. The molecular formula is C22H22ClNO5. The van der Waals surface area contributed by atoms with E-state index < -0.39 is 35.8 Å². The van der Waals surface area contributed by atoms with Crippen molar-refractivity contribution in [3.63, 3.8) is 0 Å². The zero-order valence-electron chi connectivity index (χ0n) is 16.3. The molecule has 7 heteroatoms. The molecule has 29 heavy (non-hydrogen) atoms. The van der Waals surface area contributed by atoms with E-state index in [4.69, 9.17) is 16.3 Å². The SMILES string of the molecule is COC(=O)[C@H](C(C)C)N1C(=O)c2ccccc2[C@H](C(=O)O)[C@H]1c1ccc(Cl)cc1. The maximum atomic E-state index is 13.5. The fraction of sp³-hybridized carbons (Fsp3) is 0.318. The zero-order valence-corrected chi connectivity index (χ0v) is 17.1. The van der Waals surface area contributed by atoms with E-state index >= 15 is 0 Å². The number of ether oxygens (including phenoxy) is 1. The number of methoxy groups -OCH3 is 1. The summed E-state index contributed by atoms with van der Waals surface area (Å²) in [6.45, 7) is 3.59. The number of rotatable bonds is 5. The highest BCUT2D eigenvalue weighted by Gasteiger charge is 2.49. The number of carbonyl (C=O) groups is 3. The number of benzene rings is 2. The second-order valence-electron chi connectivity index (χ2n) is 7.32. The van der Waals surface area contributed by atoms with Crippen LogP contribution in [0.2, 0.25) is 5.02 Å². The fourth-order valence-electron chi connectivity index (χ4n) is 3.97. The molecule has 2 aromatic carbocycles. The summed E-state index contributed by atoms with van der Waals surface area (Å²) in [7, 11) is 1.26. The molecule has 1 amide bonds. The molecule has 3 atom stereocenters. The highest BCUT2D eigenvalue weighted by molar-refractivity contribution is 6.30. The molecule has 0 spiro atoms. The number of fused-ring (bicyclic) bond motifs is 1. The van der Waals surface area contributed by atoms with Crippen LogP contribution in [0.5, 0.6) is 0 Å². The predicted molar refractivity (Wildman–Crippen MR) is 108 cm³/mol. The zero-order chi connectivity index (χ0) is 21.3. The molecule has 1 heterocycles. The topological polar surface area (TPSA) is 83.9 Å². The fourth-order valence-corrected chi connectivity index (χ4v) is 4.09. The first-order valence-corrected chi connectivity index (χ1v) is 9.63. The minimum Gasteiger partial charge on any atom is -0.481 e. The second kappa shape index (κ2) is 8.25. The monoisotopic (exact) mass is 415 g/mol. The Balaban J connectivity index is 2.29. The van der Waals surface area contributed by atoms with E-state index in [1.165, 1.54) is 12.0 Å². The lowest BCUT2D eigenvalue weighted by Gasteiger charge is -2.45. The van der Waals surface area contributed by atoms with E-state index in [9.17, 15) is 19.5 Å². The molecule has 1 aliphatic rings. The van der Waals surface area contributed by atoms with Gasteiger partial charge in [-0.15, -0.1) is 0 Å². The van der Waals surface area contributed by atoms with Gasteiger partial charge in [-0.05, 0) is 35.2 Å². The molecule has 152 valence electrons. The van der Waals surface area contributed by atoms with Crippen LogP contribution < -0.4 is 0 Å². The molecule has 1 aliphatic heterocycles. The van der Waals surface area contributed by atoms with Crippen molar-refractivity contribution in [1.82, 2.24) is 4.90 Å². The highest BCUT2D eigenvalue weighted by atomic mass is 35.5. The number of carbonyl (C=O) groups excluding carboxylic acids is 2. The van der Waals surface area contributed by atoms with E-state index in [-0.39, 0.29) is 11.5 Å². The van der Waals surface area contributed by atoms with Crippen molar-refractivity contribution in [3.8, 4) is 0 Å². The Morgan fingerprint density at radius 1 is 1.10 bits per heavy atom. The standard InChI is InChI=1S/C22H22ClNO5/c1-12(2)18(22(28)29-3)24-19(13-8-10-14(23)11-9-13)17(21(26)27)15-6-4-5-7-16(15)20(24)25/h4-12,17-19H,1-3H3,(H,26,27)/t17-,18-,19+/m0/s1. The van der Waals surface area contributed by atoms with Crippen molar-refractivity contribution < 1.29 is 24.2 Å². The molecule has 0 saturated heterocycles. The molecule has 2 aromatic rings. The molecule has 6 nitrogen and oxygen atoms in total. The Bertz CT molecular complexity index is 940. The van der Waals surface area contributed by atoms with Gasteiger partial charge in [-0.25, -0.2) is 4.79 Å². The third-order valence-electron chi connectivity index (χ3n) is 5.23. The van der Waals surface area contributed by atoms with E-state index in [0.29, 0.717) is 16.1 Å². The summed E-state index contributed by atoms with van der Waals surface area (Å²) < 4.78 is 4.96. The lowest BCUT2D eigenvalue weighted by Crippen LogP contribution is -2.54. The number of carboxylic acids is 1. The predicted octanol–water partition coefficient (Wildman–Crippen LogP) is 3.90. The summed E-state index contributed by atoms with van der Waals surface area (Å²) >= 11 is 6.01.